The summed E-state index contributed by atoms with van der Waals surface area (Å²) in [7, 11) is 0. The van der Waals surface area contributed by atoms with Crippen molar-refractivity contribution >= 4 is 35.0 Å². The summed E-state index contributed by atoms with van der Waals surface area (Å²) in [5.74, 6) is -0.992. The Balaban J connectivity index is 2.21. The van der Waals surface area contributed by atoms with Crippen LogP contribution in [0.2, 0.25) is 10.0 Å². The maximum atomic E-state index is 13.2. The molecule has 1 atom stereocenters. The molecule has 1 N–H and O–H groups in total. The Morgan fingerprint density at radius 2 is 1.93 bits per heavy atom. The van der Waals surface area contributed by atoms with Crippen LogP contribution in [0.5, 0.6) is 0 Å². The Hall–Kier alpha value is -1.78. The van der Waals surface area contributed by atoms with Crippen LogP contribution in [0.1, 0.15) is 58.9 Å². The van der Waals surface area contributed by atoms with E-state index in [0.29, 0.717) is 38.9 Å². The molecule has 6 heteroatoms. The molecule has 1 aliphatic heterocycles. The molecule has 1 heterocycles. The monoisotopic (exact) mass is 421 g/mol. The first-order valence-corrected chi connectivity index (χ1v) is 10.2. The number of hydrogen-bond donors (Lipinski definition) is 1. The molecule has 1 aromatic carbocycles. The van der Waals surface area contributed by atoms with E-state index in [9.17, 15) is 9.59 Å². The summed E-state index contributed by atoms with van der Waals surface area (Å²) in [6, 6.07) is 5.15. The van der Waals surface area contributed by atoms with Gasteiger partial charge in [-0.15, -0.1) is 0 Å². The Morgan fingerprint density at radius 3 is 2.54 bits per heavy atom. The maximum absolute atomic E-state index is 13.2. The van der Waals surface area contributed by atoms with Crippen LogP contribution in [0.3, 0.4) is 0 Å². The van der Waals surface area contributed by atoms with Crippen molar-refractivity contribution in [3.63, 3.8) is 0 Å². The summed E-state index contributed by atoms with van der Waals surface area (Å²) in [5.41, 5.74) is 3.10. The van der Waals surface area contributed by atoms with E-state index in [4.69, 9.17) is 27.9 Å². The van der Waals surface area contributed by atoms with E-state index in [1.54, 1.807) is 32.0 Å². The highest BCUT2D eigenvalue weighted by Crippen LogP contribution is 2.48. The molecule has 0 bridgehead atoms. The van der Waals surface area contributed by atoms with E-state index < -0.39 is 11.9 Å². The number of hydrogen-bond acceptors (Lipinski definition) is 4. The van der Waals surface area contributed by atoms with Gasteiger partial charge in [-0.3, -0.25) is 4.79 Å². The lowest BCUT2D eigenvalue weighted by atomic mass is 9.68. The minimum atomic E-state index is -0.573. The van der Waals surface area contributed by atoms with Crippen molar-refractivity contribution in [2.24, 2.45) is 5.41 Å². The number of esters is 1. The normalized spacial score (nSPS) is 21.6. The summed E-state index contributed by atoms with van der Waals surface area (Å²) in [5, 5.41) is 4.23. The van der Waals surface area contributed by atoms with Crippen molar-refractivity contribution < 1.29 is 14.3 Å². The number of benzene rings is 1. The van der Waals surface area contributed by atoms with Gasteiger partial charge >= 0.3 is 5.97 Å². The Labute approximate surface area is 175 Å². The minimum Gasteiger partial charge on any atom is -0.460 e. The molecule has 0 fully saturated rings. The van der Waals surface area contributed by atoms with Gasteiger partial charge in [0, 0.05) is 39.4 Å². The van der Waals surface area contributed by atoms with Crippen molar-refractivity contribution in [3.05, 3.63) is 56.3 Å². The molecule has 28 heavy (non-hydrogen) atoms. The fourth-order valence-electron chi connectivity index (χ4n) is 4.03. The van der Waals surface area contributed by atoms with Gasteiger partial charge in [0.1, 0.15) is 0 Å². The van der Waals surface area contributed by atoms with Gasteiger partial charge in [0.05, 0.1) is 11.7 Å². The third kappa shape index (κ3) is 3.99. The topological polar surface area (TPSA) is 55.4 Å². The average molecular weight is 422 g/mol. The van der Waals surface area contributed by atoms with E-state index in [1.807, 2.05) is 6.92 Å². The van der Waals surface area contributed by atoms with Crippen LogP contribution < -0.4 is 5.32 Å². The number of carbonyl (C=O) groups is 2. The molecule has 1 aliphatic carbocycles. The van der Waals surface area contributed by atoms with Crippen LogP contribution in [0, 0.1) is 5.41 Å². The molecule has 0 spiro atoms. The average Bonchev–Trinajstić information content (AvgIpc) is 2.51. The van der Waals surface area contributed by atoms with Gasteiger partial charge in [-0.1, -0.05) is 43.1 Å². The standard InChI is InChI=1S/C22H25Cl2NO3/c1-11(2)28-21(27)18-12(3)25-16-9-22(4,5)10-17(26)20(16)19(18)14-7-6-13(23)8-15(14)24/h6-8,11,19,25H,9-10H2,1-5H3. The molecule has 0 saturated carbocycles. The molecule has 0 radical (unpaired) electrons. The van der Waals surface area contributed by atoms with E-state index in [1.165, 1.54) is 0 Å². The van der Waals surface area contributed by atoms with E-state index >= 15 is 0 Å². The molecule has 3 rings (SSSR count). The minimum absolute atomic E-state index is 0.0251. The second-order valence-electron chi connectivity index (χ2n) is 8.55. The van der Waals surface area contributed by atoms with E-state index in [2.05, 4.69) is 19.2 Å². The van der Waals surface area contributed by atoms with Crippen molar-refractivity contribution in [2.45, 2.75) is 59.5 Å². The number of nitrogens with one attached hydrogen (secondary N) is 1. The number of halogens is 2. The molecule has 2 aliphatic rings. The third-order valence-corrected chi connectivity index (χ3v) is 5.64. The molecule has 150 valence electrons. The summed E-state index contributed by atoms with van der Waals surface area (Å²) >= 11 is 12.6. The Bertz CT molecular complexity index is 912. The number of ether oxygens (including phenoxy) is 1. The smallest absolute Gasteiger partial charge is 0.337 e. The molecular weight excluding hydrogens is 397 g/mol. The lowest BCUT2D eigenvalue weighted by Crippen LogP contribution is -2.39. The fraction of sp³-hybridized carbons (Fsp3) is 0.455. The molecule has 0 aromatic heterocycles. The fourth-order valence-corrected chi connectivity index (χ4v) is 4.55. The highest BCUT2D eigenvalue weighted by molar-refractivity contribution is 6.35. The molecule has 4 nitrogen and oxygen atoms in total. The lowest BCUT2D eigenvalue weighted by Gasteiger charge is -2.39. The second kappa shape index (κ2) is 7.57. The van der Waals surface area contributed by atoms with E-state index in [-0.39, 0.29) is 17.3 Å². The van der Waals surface area contributed by atoms with Crippen LogP contribution in [0.25, 0.3) is 0 Å². The molecule has 0 amide bonds. The van der Waals surface area contributed by atoms with Gasteiger partial charge in [0.25, 0.3) is 0 Å². The predicted octanol–water partition coefficient (Wildman–Crippen LogP) is 5.55. The first kappa shape index (κ1) is 20.9. The van der Waals surface area contributed by atoms with Crippen LogP contribution in [-0.4, -0.2) is 17.9 Å². The van der Waals surface area contributed by atoms with Crippen molar-refractivity contribution in [2.75, 3.05) is 0 Å². The van der Waals surface area contributed by atoms with Gasteiger partial charge in [0.15, 0.2) is 5.78 Å². The summed E-state index contributed by atoms with van der Waals surface area (Å²) < 4.78 is 5.49. The van der Waals surface area contributed by atoms with Gasteiger partial charge in [0.2, 0.25) is 0 Å². The summed E-state index contributed by atoms with van der Waals surface area (Å²) in [6.45, 7) is 9.58. The number of Topliss-reactive ketones (excluding diaryl/α,β-unsaturated/α-hetero) is 1. The molecular formula is C22H25Cl2NO3. The highest BCUT2D eigenvalue weighted by Gasteiger charge is 2.43. The summed E-state index contributed by atoms with van der Waals surface area (Å²) in [6.07, 6.45) is 0.867. The second-order valence-corrected chi connectivity index (χ2v) is 9.39. The zero-order chi connectivity index (χ0) is 20.8. The molecule has 1 unspecified atom stereocenters. The lowest BCUT2D eigenvalue weighted by molar-refractivity contribution is -0.143. The van der Waals surface area contributed by atoms with Crippen LogP contribution in [0.4, 0.5) is 0 Å². The largest absolute Gasteiger partial charge is 0.460 e. The summed E-state index contributed by atoms with van der Waals surface area (Å²) in [4.78, 5) is 26.1. The maximum Gasteiger partial charge on any atom is 0.337 e. The number of allylic oxidation sites excluding steroid dienone is 3. The number of dihydropyridines is 1. The van der Waals surface area contributed by atoms with E-state index in [0.717, 1.165) is 12.1 Å². The molecule has 0 saturated heterocycles. The van der Waals surface area contributed by atoms with Crippen LogP contribution in [0.15, 0.2) is 40.7 Å². The van der Waals surface area contributed by atoms with Crippen molar-refractivity contribution in [1.29, 1.82) is 0 Å². The van der Waals surface area contributed by atoms with Crippen molar-refractivity contribution in [3.8, 4) is 0 Å². The number of rotatable bonds is 3. The van der Waals surface area contributed by atoms with Gasteiger partial charge in [-0.25, -0.2) is 4.79 Å². The first-order valence-electron chi connectivity index (χ1n) is 9.40. The zero-order valence-electron chi connectivity index (χ0n) is 16.8. The Morgan fingerprint density at radius 1 is 1.25 bits per heavy atom. The number of ketones is 1. The molecule has 1 aromatic rings. The quantitative estimate of drug-likeness (QED) is 0.649. The van der Waals surface area contributed by atoms with Gasteiger partial charge < -0.3 is 10.1 Å². The Kier molecular flexibility index (Phi) is 5.66. The third-order valence-electron chi connectivity index (χ3n) is 5.08. The van der Waals surface area contributed by atoms with Gasteiger partial charge in [-0.05, 0) is 50.3 Å². The predicted molar refractivity (Wildman–Crippen MR) is 111 cm³/mol. The number of carbonyl (C=O) groups excluding carboxylic acids is 2. The highest BCUT2D eigenvalue weighted by atomic mass is 35.5. The first-order chi connectivity index (χ1) is 13.0. The van der Waals surface area contributed by atoms with Gasteiger partial charge in [-0.2, -0.15) is 0 Å². The van der Waals surface area contributed by atoms with Crippen molar-refractivity contribution in [1.82, 2.24) is 5.32 Å². The van der Waals surface area contributed by atoms with Crippen LogP contribution >= 0.6 is 23.2 Å². The zero-order valence-corrected chi connectivity index (χ0v) is 18.3. The van der Waals surface area contributed by atoms with Crippen LogP contribution in [-0.2, 0) is 14.3 Å². The SMILES string of the molecule is CC1=C(C(=O)OC(C)C)C(c2ccc(Cl)cc2Cl)C2=C(CC(C)(C)CC2=O)N1.